The van der Waals surface area contributed by atoms with Gasteiger partial charge in [0.2, 0.25) is 11.8 Å². The van der Waals surface area contributed by atoms with E-state index < -0.39 is 6.04 Å². The zero-order valence-electron chi connectivity index (χ0n) is 11.7. The van der Waals surface area contributed by atoms with Gasteiger partial charge in [-0.15, -0.1) is 0 Å². The van der Waals surface area contributed by atoms with Gasteiger partial charge in [0.15, 0.2) is 0 Å². The van der Waals surface area contributed by atoms with Crippen LogP contribution in [-0.2, 0) is 9.59 Å². The van der Waals surface area contributed by atoms with Crippen molar-refractivity contribution in [3.05, 3.63) is 0 Å². The van der Waals surface area contributed by atoms with Crippen LogP contribution in [0.1, 0.15) is 47.0 Å². The topological polar surface area (TPSA) is 58.2 Å². The molecule has 0 aromatic rings. The predicted molar refractivity (Wildman–Crippen MR) is 69.5 cm³/mol. The van der Waals surface area contributed by atoms with Crippen molar-refractivity contribution in [3.63, 3.8) is 0 Å². The Labute approximate surface area is 105 Å². The van der Waals surface area contributed by atoms with Crippen LogP contribution in [0.5, 0.6) is 0 Å². The van der Waals surface area contributed by atoms with E-state index in [0.29, 0.717) is 12.3 Å². The molecule has 0 saturated carbocycles. The minimum absolute atomic E-state index is 0.0343. The number of carbonyl (C=O) groups excluding carboxylic acids is 2. The minimum atomic E-state index is -0.424. The van der Waals surface area contributed by atoms with E-state index in [0.717, 1.165) is 12.8 Å². The van der Waals surface area contributed by atoms with E-state index in [9.17, 15) is 9.59 Å². The van der Waals surface area contributed by atoms with E-state index in [1.807, 2.05) is 13.8 Å². The normalized spacial score (nSPS) is 12.6. The first kappa shape index (κ1) is 15.9. The molecule has 2 N–H and O–H groups in total. The van der Waals surface area contributed by atoms with Crippen molar-refractivity contribution >= 4 is 11.8 Å². The molecule has 0 saturated heterocycles. The van der Waals surface area contributed by atoms with Gasteiger partial charge in [-0.25, -0.2) is 0 Å². The van der Waals surface area contributed by atoms with E-state index in [1.165, 1.54) is 0 Å². The molecule has 17 heavy (non-hydrogen) atoms. The molecule has 0 aliphatic rings. The van der Waals surface area contributed by atoms with Crippen LogP contribution in [0.2, 0.25) is 0 Å². The molecule has 0 aliphatic carbocycles. The molecule has 4 nitrogen and oxygen atoms in total. The molecule has 0 aliphatic heterocycles. The van der Waals surface area contributed by atoms with Crippen molar-refractivity contribution in [3.8, 4) is 0 Å². The van der Waals surface area contributed by atoms with Crippen molar-refractivity contribution in [2.24, 2.45) is 11.8 Å². The summed E-state index contributed by atoms with van der Waals surface area (Å²) in [7, 11) is 1.59. The molecular weight excluding hydrogens is 216 g/mol. The molecule has 0 radical (unpaired) electrons. The number of nitrogens with one attached hydrogen (secondary N) is 2. The smallest absolute Gasteiger partial charge is 0.242 e. The third kappa shape index (κ3) is 6.97. The molecule has 0 spiro atoms. The third-order valence-corrected chi connectivity index (χ3v) is 2.70. The van der Waals surface area contributed by atoms with Gasteiger partial charge < -0.3 is 10.6 Å². The maximum Gasteiger partial charge on any atom is 0.242 e. The Kier molecular flexibility index (Phi) is 7.59. The van der Waals surface area contributed by atoms with Crippen molar-refractivity contribution in [2.45, 2.75) is 53.0 Å². The SMILES string of the molecule is CNC(=O)[C@@H](NC(=O)CCCC(C)C)C(C)C. The molecule has 0 fully saturated rings. The van der Waals surface area contributed by atoms with Crippen LogP contribution in [0, 0.1) is 11.8 Å². The van der Waals surface area contributed by atoms with Crippen molar-refractivity contribution < 1.29 is 9.59 Å². The Morgan fingerprint density at radius 1 is 1.12 bits per heavy atom. The standard InChI is InChI=1S/C13H26N2O2/c1-9(2)7-6-8-11(16)15-12(10(3)4)13(17)14-5/h9-10,12H,6-8H2,1-5H3,(H,14,17)(H,15,16)/t12-/m0/s1. The Morgan fingerprint density at radius 2 is 1.71 bits per heavy atom. The lowest BCUT2D eigenvalue weighted by molar-refractivity contribution is -0.129. The Bertz CT molecular complexity index is 250. The molecule has 0 rings (SSSR count). The molecule has 4 heteroatoms. The summed E-state index contributed by atoms with van der Waals surface area (Å²) in [6.07, 6.45) is 2.42. The average Bonchev–Trinajstić information content (AvgIpc) is 2.24. The van der Waals surface area contributed by atoms with Gasteiger partial charge in [-0.3, -0.25) is 9.59 Å². The first-order chi connectivity index (χ1) is 7.88. The highest BCUT2D eigenvalue weighted by molar-refractivity contribution is 5.87. The molecule has 0 aromatic carbocycles. The molecule has 2 amide bonds. The number of rotatable bonds is 7. The maximum atomic E-state index is 11.7. The van der Waals surface area contributed by atoms with E-state index >= 15 is 0 Å². The van der Waals surface area contributed by atoms with E-state index in [1.54, 1.807) is 7.05 Å². The number of hydrogen-bond acceptors (Lipinski definition) is 2. The van der Waals surface area contributed by atoms with Gasteiger partial charge in [-0.1, -0.05) is 34.1 Å². The first-order valence-corrected chi connectivity index (χ1v) is 6.39. The highest BCUT2D eigenvalue weighted by Gasteiger charge is 2.22. The summed E-state index contributed by atoms with van der Waals surface area (Å²) in [4.78, 5) is 23.2. The van der Waals surface area contributed by atoms with E-state index in [2.05, 4.69) is 24.5 Å². The maximum absolute atomic E-state index is 11.7. The number of amides is 2. The zero-order chi connectivity index (χ0) is 13.4. The van der Waals surface area contributed by atoms with Crippen molar-refractivity contribution in [2.75, 3.05) is 7.05 Å². The lowest BCUT2D eigenvalue weighted by Gasteiger charge is -2.20. The molecule has 0 aromatic heterocycles. The zero-order valence-corrected chi connectivity index (χ0v) is 11.7. The van der Waals surface area contributed by atoms with Crippen molar-refractivity contribution in [1.82, 2.24) is 10.6 Å². The van der Waals surface area contributed by atoms with Crippen LogP contribution in [0.25, 0.3) is 0 Å². The summed E-state index contributed by atoms with van der Waals surface area (Å²) in [5, 5.41) is 5.36. The second-order valence-corrected chi connectivity index (χ2v) is 5.19. The lowest BCUT2D eigenvalue weighted by atomic mass is 10.0. The number of likely N-dealkylation sites (N-methyl/N-ethyl adjacent to an activating group) is 1. The van der Waals surface area contributed by atoms with Gasteiger partial charge in [0.05, 0.1) is 0 Å². The summed E-state index contributed by atoms with van der Waals surface area (Å²) >= 11 is 0. The van der Waals surface area contributed by atoms with Crippen LogP contribution in [0.3, 0.4) is 0 Å². The fourth-order valence-electron chi connectivity index (χ4n) is 1.61. The molecule has 100 valence electrons. The summed E-state index contributed by atoms with van der Waals surface area (Å²) < 4.78 is 0. The second kappa shape index (κ2) is 8.09. The van der Waals surface area contributed by atoms with Gasteiger partial charge in [-0.2, -0.15) is 0 Å². The molecule has 1 atom stereocenters. The highest BCUT2D eigenvalue weighted by atomic mass is 16.2. The largest absolute Gasteiger partial charge is 0.357 e. The summed E-state index contributed by atoms with van der Waals surface area (Å²) in [6.45, 7) is 8.13. The Hall–Kier alpha value is -1.06. The quantitative estimate of drug-likeness (QED) is 0.714. The summed E-state index contributed by atoms with van der Waals surface area (Å²) in [5.74, 6) is 0.553. The van der Waals surface area contributed by atoms with Crippen LogP contribution in [0.4, 0.5) is 0 Å². The summed E-state index contributed by atoms with van der Waals surface area (Å²) in [5.41, 5.74) is 0. The van der Waals surface area contributed by atoms with Crippen LogP contribution in [0.15, 0.2) is 0 Å². The first-order valence-electron chi connectivity index (χ1n) is 6.39. The number of carbonyl (C=O) groups is 2. The molecule has 0 heterocycles. The van der Waals surface area contributed by atoms with Gasteiger partial charge >= 0.3 is 0 Å². The predicted octanol–water partition coefficient (Wildman–Crippen LogP) is 1.70. The van der Waals surface area contributed by atoms with Gasteiger partial charge in [0.1, 0.15) is 6.04 Å². The molecule has 0 bridgehead atoms. The fraction of sp³-hybridized carbons (Fsp3) is 0.846. The van der Waals surface area contributed by atoms with Gasteiger partial charge in [0, 0.05) is 13.5 Å². The van der Waals surface area contributed by atoms with Crippen LogP contribution >= 0.6 is 0 Å². The Balaban J connectivity index is 4.09. The minimum Gasteiger partial charge on any atom is -0.357 e. The van der Waals surface area contributed by atoms with Crippen LogP contribution in [-0.4, -0.2) is 24.9 Å². The van der Waals surface area contributed by atoms with Crippen LogP contribution < -0.4 is 10.6 Å². The number of hydrogen-bond donors (Lipinski definition) is 2. The molecule has 0 unspecified atom stereocenters. The average molecular weight is 242 g/mol. The fourth-order valence-corrected chi connectivity index (χ4v) is 1.61. The lowest BCUT2D eigenvalue weighted by Crippen LogP contribution is -2.48. The van der Waals surface area contributed by atoms with E-state index in [-0.39, 0.29) is 17.7 Å². The monoisotopic (exact) mass is 242 g/mol. The van der Waals surface area contributed by atoms with Gasteiger partial charge in [-0.05, 0) is 18.3 Å². The van der Waals surface area contributed by atoms with Gasteiger partial charge in [0.25, 0.3) is 0 Å². The van der Waals surface area contributed by atoms with Crippen molar-refractivity contribution in [1.29, 1.82) is 0 Å². The van der Waals surface area contributed by atoms with E-state index in [4.69, 9.17) is 0 Å². The second-order valence-electron chi connectivity index (χ2n) is 5.19. The third-order valence-electron chi connectivity index (χ3n) is 2.70. The highest BCUT2D eigenvalue weighted by Crippen LogP contribution is 2.07. The summed E-state index contributed by atoms with van der Waals surface area (Å²) in [6, 6.07) is -0.424. The molecular formula is C13H26N2O2. The Morgan fingerprint density at radius 3 is 2.12 bits per heavy atom.